The number of aromatic nitrogens is 3. The maximum atomic E-state index is 12.7. The molecule has 0 unspecified atom stereocenters. The molecule has 1 heterocycles. The predicted octanol–water partition coefficient (Wildman–Crippen LogP) is 2.75. The van der Waals surface area contributed by atoms with Crippen LogP contribution in [-0.4, -0.2) is 38.0 Å². The summed E-state index contributed by atoms with van der Waals surface area (Å²) < 4.78 is 38.0. The van der Waals surface area contributed by atoms with Crippen molar-refractivity contribution in [2.45, 2.75) is 32.0 Å². The molecule has 1 aromatic carbocycles. The smallest absolute Gasteiger partial charge is 0.416 e. The third-order valence-electron chi connectivity index (χ3n) is 4.27. The van der Waals surface area contributed by atoms with Crippen LogP contribution in [0.15, 0.2) is 18.2 Å². The lowest BCUT2D eigenvalue weighted by atomic mass is 9.81. The summed E-state index contributed by atoms with van der Waals surface area (Å²) in [4.78, 5) is 4.25. The second-order valence-electron chi connectivity index (χ2n) is 6.16. The Labute approximate surface area is 141 Å². The number of alkyl halides is 3. The molecule has 1 fully saturated rings. The van der Waals surface area contributed by atoms with E-state index in [-0.39, 0.29) is 29.8 Å². The molecule has 1 aliphatic carbocycles. The van der Waals surface area contributed by atoms with Gasteiger partial charge in [-0.05, 0) is 43.9 Å². The van der Waals surface area contributed by atoms with Crippen LogP contribution in [0.25, 0.3) is 11.3 Å². The van der Waals surface area contributed by atoms with Gasteiger partial charge in [-0.15, -0.1) is 10.2 Å². The number of hydrogen-bond acceptors (Lipinski definition) is 6. The summed E-state index contributed by atoms with van der Waals surface area (Å²) in [6.07, 6.45) is -2.89. The molecule has 9 heteroatoms. The highest BCUT2D eigenvalue weighted by Gasteiger charge is 2.32. The quantitative estimate of drug-likeness (QED) is 0.782. The summed E-state index contributed by atoms with van der Waals surface area (Å²) in [7, 11) is 0. The molecule has 3 N–H and O–H groups in total. The van der Waals surface area contributed by atoms with Gasteiger partial charge in [-0.1, -0.05) is 0 Å². The van der Waals surface area contributed by atoms with Gasteiger partial charge in [-0.3, -0.25) is 0 Å². The van der Waals surface area contributed by atoms with E-state index in [0.29, 0.717) is 17.7 Å². The van der Waals surface area contributed by atoms with Crippen molar-refractivity contribution in [1.82, 2.24) is 15.2 Å². The normalized spacial score (nSPS) is 20.2. The molecular weight excluding hydrogens is 337 g/mol. The molecule has 0 spiro atoms. The third-order valence-corrected chi connectivity index (χ3v) is 4.27. The Morgan fingerprint density at radius 2 is 1.96 bits per heavy atom. The maximum Gasteiger partial charge on any atom is 0.416 e. The van der Waals surface area contributed by atoms with E-state index in [9.17, 15) is 18.3 Å². The first-order valence-corrected chi connectivity index (χ1v) is 7.77. The van der Waals surface area contributed by atoms with E-state index in [0.717, 1.165) is 25.0 Å². The number of phenols is 1. The van der Waals surface area contributed by atoms with Crippen LogP contribution in [0.2, 0.25) is 0 Å². The minimum atomic E-state index is -4.53. The SMILES string of the molecule is Cc1nc(NC2CC(CO)C2)nnc1-c1ccc(C(F)(F)F)cc1O. The minimum absolute atomic E-state index is 0.140. The van der Waals surface area contributed by atoms with E-state index < -0.39 is 17.5 Å². The van der Waals surface area contributed by atoms with E-state index in [1.807, 2.05) is 0 Å². The van der Waals surface area contributed by atoms with Gasteiger partial charge in [0.2, 0.25) is 5.95 Å². The number of hydrogen-bond donors (Lipinski definition) is 3. The van der Waals surface area contributed by atoms with E-state index in [1.54, 1.807) is 6.92 Å². The molecule has 0 atom stereocenters. The average molecular weight is 354 g/mol. The maximum absolute atomic E-state index is 12.7. The molecule has 0 bridgehead atoms. The van der Waals surface area contributed by atoms with Crippen molar-refractivity contribution >= 4 is 5.95 Å². The Morgan fingerprint density at radius 1 is 1.24 bits per heavy atom. The molecule has 6 nitrogen and oxygen atoms in total. The van der Waals surface area contributed by atoms with E-state index >= 15 is 0 Å². The lowest BCUT2D eigenvalue weighted by Crippen LogP contribution is -2.37. The second-order valence-corrected chi connectivity index (χ2v) is 6.16. The van der Waals surface area contributed by atoms with Crippen molar-refractivity contribution in [3.8, 4) is 17.0 Å². The van der Waals surface area contributed by atoms with Crippen LogP contribution in [0.3, 0.4) is 0 Å². The fraction of sp³-hybridized carbons (Fsp3) is 0.438. The molecule has 2 aromatic rings. The van der Waals surface area contributed by atoms with Gasteiger partial charge in [-0.2, -0.15) is 13.2 Å². The number of aliphatic hydroxyl groups is 1. The Balaban J connectivity index is 1.79. The summed E-state index contributed by atoms with van der Waals surface area (Å²) in [5, 5.41) is 29.9. The summed E-state index contributed by atoms with van der Waals surface area (Å²) in [6.45, 7) is 1.80. The number of benzene rings is 1. The highest BCUT2D eigenvalue weighted by molar-refractivity contribution is 5.69. The molecule has 1 aromatic heterocycles. The van der Waals surface area contributed by atoms with Gasteiger partial charge < -0.3 is 15.5 Å². The molecule has 0 saturated heterocycles. The second kappa shape index (κ2) is 6.47. The monoisotopic (exact) mass is 354 g/mol. The zero-order chi connectivity index (χ0) is 18.2. The molecule has 1 aliphatic rings. The number of halogens is 3. The lowest BCUT2D eigenvalue weighted by Gasteiger charge is -2.34. The Hall–Kier alpha value is -2.42. The van der Waals surface area contributed by atoms with Crippen LogP contribution in [0, 0.1) is 12.8 Å². The first kappa shape index (κ1) is 17.4. The fourth-order valence-electron chi connectivity index (χ4n) is 2.81. The number of aromatic hydroxyl groups is 1. The van der Waals surface area contributed by atoms with Crippen LogP contribution in [0.4, 0.5) is 19.1 Å². The predicted molar refractivity (Wildman–Crippen MR) is 83.9 cm³/mol. The van der Waals surface area contributed by atoms with Crippen molar-refractivity contribution in [3.05, 3.63) is 29.5 Å². The lowest BCUT2D eigenvalue weighted by molar-refractivity contribution is -0.137. The third kappa shape index (κ3) is 3.65. The van der Waals surface area contributed by atoms with Crippen molar-refractivity contribution in [2.24, 2.45) is 5.92 Å². The molecule has 1 saturated carbocycles. The van der Waals surface area contributed by atoms with Crippen molar-refractivity contribution in [2.75, 3.05) is 11.9 Å². The first-order chi connectivity index (χ1) is 11.8. The van der Waals surface area contributed by atoms with E-state index in [1.165, 1.54) is 0 Å². The minimum Gasteiger partial charge on any atom is -0.507 e. The first-order valence-electron chi connectivity index (χ1n) is 7.77. The summed E-state index contributed by atoms with van der Waals surface area (Å²) >= 11 is 0. The molecule has 0 radical (unpaired) electrons. The zero-order valence-corrected chi connectivity index (χ0v) is 13.4. The number of nitrogens with zero attached hydrogens (tertiary/aromatic N) is 3. The highest BCUT2D eigenvalue weighted by atomic mass is 19.4. The summed E-state index contributed by atoms with van der Waals surface area (Å²) in [5.74, 6) is 0.0727. The topological polar surface area (TPSA) is 91.2 Å². The van der Waals surface area contributed by atoms with Crippen LogP contribution >= 0.6 is 0 Å². The molecule has 134 valence electrons. The van der Waals surface area contributed by atoms with Crippen molar-refractivity contribution < 1.29 is 23.4 Å². The van der Waals surface area contributed by atoms with Crippen molar-refractivity contribution in [1.29, 1.82) is 0 Å². The standard InChI is InChI=1S/C16H17F3N4O2/c1-8-14(12-3-2-10(6-13(12)25)16(17,18)19)22-23-15(20-8)21-11-4-9(5-11)7-24/h2-3,6,9,11,24-25H,4-5,7H2,1H3,(H,20,21,23). The van der Waals surface area contributed by atoms with Crippen molar-refractivity contribution in [3.63, 3.8) is 0 Å². The average Bonchev–Trinajstić information content (AvgIpc) is 2.50. The van der Waals surface area contributed by atoms with Crippen LogP contribution in [0.1, 0.15) is 24.1 Å². The number of aryl methyl sites for hydroxylation is 1. The largest absolute Gasteiger partial charge is 0.507 e. The Kier molecular flexibility index (Phi) is 4.51. The number of nitrogens with one attached hydrogen (secondary N) is 1. The Morgan fingerprint density at radius 3 is 2.52 bits per heavy atom. The van der Waals surface area contributed by atoms with Gasteiger partial charge in [0, 0.05) is 18.2 Å². The number of anilines is 1. The van der Waals surface area contributed by atoms with Gasteiger partial charge in [0.1, 0.15) is 11.4 Å². The van der Waals surface area contributed by atoms with Gasteiger partial charge >= 0.3 is 6.18 Å². The number of phenolic OH excluding ortho intramolecular Hbond substituents is 1. The van der Waals surface area contributed by atoms with Crippen LogP contribution < -0.4 is 5.32 Å². The Bertz CT molecular complexity index is 776. The highest BCUT2D eigenvalue weighted by Crippen LogP contribution is 2.36. The summed E-state index contributed by atoms with van der Waals surface area (Å²) in [5.41, 5.74) is -0.140. The number of rotatable bonds is 4. The molecule has 0 amide bonds. The van der Waals surface area contributed by atoms with Gasteiger partial charge in [0.05, 0.1) is 11.3 Å². The van der Waals surface area contributed by atoms with E-state index in [2.05, 4.69) is 20.5 Å². The van der Waals surface area contributed by atoms with Gasteiger partial charge in [0.25, 0.3) is 0 Å². The fourth-order valence-corrected chi connectivity index (χ4v) is 2.81. The van der Waals surface area contributed by atoms with Gasteiger partial charge in [0.15, 0.2) is 0 Å². The molecule has 25 heavy (non-hydrogen) atoms. The number of aliphatic hydroxyl groups excluding tert-OH is 1. The van der Waals surface area contributed by atoms with E-state index in [4.69, 9.17) is 5.11 Å². The van der Waals surface area contributed by atoms with Crippen LogP contribution in [0.5, 0.6) is 5.75 Å². The van der Waals surface area contributed by atoms with Gasteiger partial charge in [-0.25, -0.2) is 4.98 Å². The summed E-state index contributed by atoms with van der Waals surface area (Å²) in [6, 6.07) is 2.86. The van der Waals surface area contributed by atoms with Crippen LogP contribution in [-0.2, 0) is 6.18 Å². The zero-order valence-electron chi connectivity index (χ0n) is 13.4. The molecular formula is C16H17F3N4O2. The molecule has 3 rings (SSSR count). The molecule has 0 aliphatic heterocycles.